The molecular formula is C15H28. The van der Waals surface area contributed by atoms with E-state index >= 15 is 0 Å². The van der Waals surface area contributed by atoms with E-state index in [1.54, 1.807) is 0 Å². The molecule has 88 valence electrons. The van der Waals surface area contributed by atoms with Gasteiger partial charge < -0.3 is 0 Å². The first-order valence-electron chi connectivity index (χ1n) is 6.99. The maximum atomic E-state index is 2.50. The lowest BCUT2D eigenvalue weighted by atomic mass is 9.83. The fraction of sp³-hybridized carbons (Fsp3) is 0.867. The van der Waals surface area contributed by atoms with E-state index in [2.05, 4.69) is 26.0 Å². The second-order valence-corrected chi connectivity index (χ2v) is 5.30. The van der Waals surface area contributed by atoms with Crippen LogP contribution in [0.25, 0.3) is 0 Å². The molecule has 1 aliphatic rings. The summed E-state index contributed by atoms with van der Waals surface area (Å²) in [6.07, 6.45) is 17.6. The lowest BCUT2D eigenvalue weighted by Gasteiger charge is -2.23. The molecule has 0 atom stereocenters. The molecule has 0 N–H and O–H groups in total. The predicted octanol–water partition coefficient (Wildman–Crippen LogP) is 5.34. The van der Waals surface area contributed by atoms with Crippen molar-refractivity contribution in [2.24, 2.45) is 11.8 Å². The largest absolute Gasteiger partial charge is 0.0883 e. The van der Waals surface area contributed by atoms with Crippen LogP contribution in [-0.2, 0) is 0 Å². The van der Waals surface area contributed by atoms with Gasteiger partial charge in [0.1, 0.15) is 0 Å². The molecule has 1 fully saturated rings. The molecule has 0 aromatic rings. The van der Waals surface area contributed by atoms with Crippen molar-refractivity contribution in [1.29, 1.82) is 0 Å². The lowest BCUT2D eigenvalue weighted by molar-refractivity contribution is 0.330. The Labute approximate surface area is 96.2 Å². The van der Waals surface area contributed by atoms with Crippen molar-refractivity contribution >= 4 is 0 Å². The van der Waals surface area contributed by atoms with Crippen LogP contribution >= 0.6 is 0 Å². The summed E-state index contributed by atoms with van der Waals surface area (Å²) < 4.78 is 0. The van der Waals surface area contributed by atoms with E-state index in [0.717, 1.165) is 11.8 Å². The van der Waals surface area contributed by atoms with E-state index in [-0.39, 0.29) is 0 Å². The van der Waals surface area contributed by atoms with Gasteiger partial charge in [-0.1, -0.05) is 58.1 Å². The summed E-state index contributed by atoms with van der Waals surface area (Å²) in [5, 5.41) is 0. The number of hydrogen-bond donors (Lipinski definition) is 0. The first kappa shape index (κ1) is 12.8. The fourth-order valence-electron chi connectivity index (χ4n) is 2.46. The van der Waals surface area contributed by atoms with Gasteiger partial charge in [-0.2, -0.15) is 0 Å². The standard InChI is InChI=1S/C15H28/c1-3-4-5-6-7-8-9-15-12-10-14(2)11-13-15/h8-9,14-15H,3-7,10-13H2,1-2H3. The Balaban J connectivity index is 2.00. The number of hydrogen-bond acceptors (Lipinski definition) is 0. The maximum Gasteiger partial charge on any atom is -0.0233 e. The molecule has 15 heavy (non-hydrogen) atoms. The first-order chi connectivity index (χ1) is 7.33. The maximum absolute atomic E-state index is 2.50. The molecule has 0 aromatic heterocycles. The van der Waals surface area contributed by atoms with Crippen molar-refractivity contribution in [3.8, 4) is 0 Å². The molecular weight excluding hydrogens is 180 g/mol. The van der Waals surface area contributed by atoms with Gasteiger partial charge in [-0.15, -0.1) is 0 Å². The predicted molar refractivity (Wildman–Crippen MR) is 69.0 cm³/mol. The van der Waals surface area contributed by atoms with Gasteiger partial charge in [0.2, 0.25) is 0 Å². The fourth-order valence-corrected chi connectivity index (χ4v) is 2.46. The zero-order valence-electron chi connectivity index (χ0n) is 10.7. The summed E-state index contributed by atoms with van der Waals surface area (Å²) in [6.45, 7) is 4.67. The Morgan fingerprint density at radius 2 is 1.73 bits per heavy atom. The van der Waals surface area contributed by atoms with Crippen LogP contribution in [0.15, 0.2) is 12.2 Å². The molecule has 1 saturated carbocycles. The second-order valence-electron chi connectivity index (χ2n) is 5.30. The van der Waals surface area contributed by atoms with E-state index in [1.807, 2.05) is 0 Å². The van der Waals surface area contributed by atoms with Gasteiger partial charge in [-0.25, -0.2) is 0 Å². The van der Waals surface area contributed by atoms with Crippen molar-refractivity contribution in [3.63, 3.8) is 0 Å². The zero-order chi connectivity index (χ0) is 10.9. The summed E-state index contributed by atoms with van der Waals surface area (Å²) in [5.74, 6) is 1.89. The Morgan fingerprint density at radius 3 is 2.40 bits per heavy atom. The van der Waals surface area contributed by atoms with Crippen LogP contribution in [-0.4, -0.2) is 0 Å². The van der Waals surface area contributed by atoms with Crippen LogP contribution in [0, 0.1) is 11.8 Å². The molecule has 1 rings (SSSR count). The van der Waals surface area contributed by atoms with Crippen molar-refractivity contribution in [2.45, 2.75) is 71.6 Å². The van der Waals surface area contributed by atoms with Gasteiger partial charge in [-0.3, -0.25) is 0 Å². The normalized spacial score (nSPS) is 27.3. The molecule has 0 nitrogen and oxygen atoms in total. The van der Waals surface area contributed by atoms with Crippen LogP contribution in [0.5, 0.6) is 0 Å². The van der Waals surface area contributed by atoms with Gasteiger partial charge >= 0.3 is 0 Å². The molecule has 0 spiro atoms. The van der Waals surface area contributed by atoms with Gasteiger partial charge in [0.05, 0.1) is 0 Å². The summed E-state index contributed by atoms with van der Waals surface area (Å²) in [7, 11) is 0. The summed E-state index contributed by atoms with van der Waals surface area (Å²) in [5.41, 5.74) is 0. The van der Waals surface area contributed by atoms with E-state index in [9.17, 15) is 0 Å². The average Bonchev–Trinajstić information content (AvgIpc) is 2.26. The van der Waals surface area contributed by atoms with E-state index in [0.29, 0.717) is 0 Å². The molecule has 0 saturated heterocycles. The minimum absolute atomic E-state index is 0.910. The highest BCUT2D eigenvalue weighted by molar-refractivity contribution is 4.90. The highest BCUT2D eigenvalue weighted by atomic mass is 14.2. The van der Waals surface area contributed by atoms with Crippen LogP contribution in [0.4, 0.5) is 0 Å². The quantitative estimate of drug-likeness (QED) is 0.408. The van der Waals surface area contributed by atoms with Gasteiger partial charge in [-0.05, 0) is 37.5 Å². The van der Waals surface area contributed by atoms with E-state index in [4.69, 9.17) is 0 Å². The number of rotatable bonds is 6. The molecule has 0 heteroatoms. The van der Waals surface area contributed by atoms with Crippen LogP contribution in [0.1, 0.15) is 71.6 Å². The minimum atomic E-state index is 0.910. The van der Waals surface area contributed by atoms with Crippen molar-refractivity contribution in [3.05, 3.63) is 12.2 Å². The summed E-state index contributed by atoms with van der Waals surface area (Å²) in [4.78, 5) is 0. The third-order valence-corrected chi connectivity index (χ3v) is 3.69. The van der Waals surface area contributed by atoms with Crippen LogP contribution in [0.2, 0.25) is 0 Å². The Bertz CT molecular complexity index is 161. The highest BCUT2D eigenvalue weighted by Crippen LogP contribution is 2.29. The van der Waals surface area contributed by atoms with Crippen molar-refractivity contribution < 1.29 is 0 Å². The Kier molecular flexibility index (Phi) is 6.80. The monoisotopic (exact) mass is 208 g/mol. The Hall–Kier alpha value is -0.260. The minimum Gasteiger partial charge on any atom is -0.0883 e. The number of unbranched alkanes of at least 4 members (excludes halogenated alkanes) is 4. The SMILES string of the molecule is CCCCCCC=CC1CCC(C)CC1. The third-order valence-electron chi connectivity index (χ3n) is 3.69. The molecule has 0 aromatic carbocycles. The van der Waals surface area contributed by atoms with Crippen LogP contribution in [0.3, 0.4) is 0 Å². The van der Waals surface area contributed by atoms with Gasteiger partial charge in [0, 0.05) is 0 Å². The molecule has 1 aliphatic carbocycles. The van der Waals surface area contributed by atoms with Crippen LogP contribution < -0.4 is 0 Å². The number of allylic oxidation sites excluding steroid dienone is 2. The van der Waals surface area contributed by atoms with E-state index in [1.165, 1.54) is 57.8 Å². The van der Waals surface area contributed by atoms with Crippen molar-refractivity contribution in [2.75, 3.05) is 0 Å². The molecule has 0 unspecified atom stereocenters. The highest BCUT2D eigenvalue weighted by Gasteiger charge is 2.15. The lowest BCUT2D eigenvalue weighted by Crippen LogP contribution is -2.09. The average molecular weight is 208 g/mol. The topological polar surface area (TPSA) is 0 Å². The van der Waals surface area contributed by atoms with E-state index < -0.39 is 0 Å². The Morgan fingerprint density at radius 1 is 1.00 bits per heavy atom. The molecule has 0 radical (unpaired) electrons. The first-order valence-corrected chi connectivity index (χ1v) is 6.99. The van der Waals surface area contributed by atoms with Crippen molar-refractivity contribution in [1.82, 2.24) is 0 Å². The summed E-state index contributed by atoms with van der Waals surface area (Å²) >= 11 is 0. The smallest absolute Gasteiger partial charge is 0.0233 e. The molecule has 0 aliphatic heterocycles. The molecule has 0 bridgehead atoms. The van der Waals surface area contributed by atoms with Gasteiger partial charge in [0.15, 0.2) is 0 Å². The third kappa shape index (κ3) is 6.02. The zero-order valence-corrected chi connectivity index (χ0v) is 10.7. The van der Waals surface area contributed by atoms with Gasteiger partial charge in [0.25, 0.3) is 0 Å². The second kappa shape index (κ2) is 7.96. The molecule has 0 amide bonds. The molecule has 0 heterocycles. The summed E-state index contributed by atoms with van der Waals surface area (Å²) in [6, 6.07) is 0.